The molecule has 0 unspecified atom stereocenters. The highest BCUT2D eigenvalue weighted by Gasteiger charge is 1.93. The number of hydrogen-bond acceptors (Lipinski definition) is 2. The molecule has 11 heavy (non-hydrogen) atoms. The monoisotopic (exact) mass is 160 g/mol. The molecule has 0 aliphatic carbocycles. The van der Waals surface area contributed by atoms with Crippen molar-refractivity contribution in [1.82, 2.24) is 10.6 Å². The maximum absolute atomic E-state index is 10.5. The van der Waals surface area contributed by atoms with Crippen LogP contribution in [0.15, 0.2) is 0 Å². The van der Waals surface area contributed by atoms with Crippen LogP contribution in [0.5, 0.6) is 0 Å². The van der Waals surface area contributed by atoms with Gasteiger partial charge in [0.15, 0.2) is 0 Å². The van der Waals surface area contributed by atoms with E-state index < -0.39 is 0 Å². The molecule has 0 heterocycles. The average Bonchev–Trinajstić information content (AvgIpc) is 2.08. The third-order valence-electron chi connectivity index (χ3n) is 1.06. The summed E-state index contributed by atoms with van der Waals surface area (Å²) in [6, 6.07) is 0. The zero-order chi connectivity index (χ0) is 9.11. The molecule has 2 N–H and O–H groups in total. The molecule has 0 aromatic heterocycles. The summed E-state index contributed by atoms with van der Waals surface area (Å²) >= 11 is 0. The Bertz CT molecular complexity index is 84.2. The van der Waals surface area contributed by atoms with Crippen LogP contribution in [0.3, 0.4) is 0 Å². The van der Waals surface area contributed by atoms with Crippen LogP contribution in [-0.4, -0.2) is 26.0 Å². The lowest BCUT2D eigenvalue weighted by Crippen LogP contribution is -2.24. The van der Waals surface area contributed by atoms with E-state index in [1.54, 1.807) is 7.05 Å². The molecular weight excluding hydrogens is 140 g/mol. The van der Waals surface area contributed by atoms with Gasteiger partial charge in [-0.2, -0.15) is 0 Å². The van der Waals surface area contributed by atoms with Crippen molar-refractivity contribution in [2.75, 3.05) is 20.1 Å². The minimum absolute atomic E-state index is 0.0935. The van der Waals surface area contributed by atoms with Gasteiger partial charge in [0, 0.05) is 20.0 Å². The molecule has 1 amide bonds. The van der Waals surface area contributed by atoms with Gasteiger partial charge in [-0.1, -0.05) is 20.8 Å². The number of hydrogen-bond donors (Lipinski definition) is 2. The molecule has 0 aliphatic heterocycles. The predicted molar refractivity (Wildman–Crippen MR) is 48.6 cm³/mol. The van der Waals surface area contributed by atoms with E-state index in [0.29, 0.717) is 6.42 Å². The Morgan fingerprint density at radius 2 is 1.91 bits per heavy atom. The smallest absolute Gasteiger partial charge is 0.221 e. The summed E-state index contributed by atoms with van der Waals surface area (Å²) < 4.78 is 0. The van der Waals surface area contributed by atoms with E-state index >= 15 is 0 Å². The lowest BCUT2D eigenvalue weighted by molar-refractivity contribution is -0.120. The zero-order valence-corrected chi connectivity index (χ0v) is 8.03. The van der Waals surface area contributed by atoms with Crippen molar-refractivity contribution in [2.24, 2.45) is 0 Å². The fraction of sp³-hybridized carbons (Fsp3) is 0.875. The van der Waals surface area contributed by atoms with E-state index in [1.165, 1.54) is 0 Å². The molecule has 68 valence electrons. The fourth-order valence-corrected chi connectivity index (χ4v) is 0.504. The van der Waals surface area contributed by atoms with Crippen molar-refractivity contribution < 1.29 is 4.79 Å². The summed E-state index contributed by atoms with van der Waals surface area (Å²) in [6.45, 7) is 7.72. The van der Waals surface area contributed by atoms with Crippen molar-refractivity contribution >= 4 is 5.91 Å². The van der Waals surface area contributed by atoms with E-state index in [9.17, 15) is 4.79 Å². The molecule has 0 aliphatic rings. The predicted octanol–water partition coefficient (Wildman–Crippen LogP) is 0.758. The summed E-state index contributed by atoms with van der Waals surface area (Å²) in [7, 11) is 1.65. The van der Waals surface area contributed by atoms with E-state index in [-0.39, 0.29) is 5.91 Å². The number of rotatable bonds is 4. The lowest BCUT2D eigenvalue weighted by atomic mass is 10.4. The topological polar surface area (TPSA) is 41.1 Å². The van der Waals surface area contributed by atoms with E-state index in [0.717, 1.165) is 13.1 Å². The summed E-state index contributed by atoms with van der Waals surface area (Å²) in [4.78, 5) is 10.5. The second kappa shape index (κ2) is 12.1. The standard InChI is InChI=1S/C6H14N2O.C2H6/c1-3-8-5-4-6(9)7-2;1-2/h8H,3-5H2,1-2H3,(H,7,9);1-2H3. The van der Waals surface area contributed by atoms with Crippen LogP contribution in [-0.2, 0) is 4.79 Å². The van der Waals surface area contributed by atoms with Crippen LogP contribution in [0, 0.1) is 0 Å². The molecule has 0 saturated heterocycles. The molecule has 0 fully saturated rings. The van der Waals surface area contributed by atoms with E-state index in [1.807, 2.05) is 20.8 Å². The van der Waals surface area contributed by atoms with Crippen molar-refractivity contribution in [3.8, 4) is 0 Å². The van der Waals surface area contributed by atoms with Gasteiger partial charge < -0.3 is 10.6 Å². The fourth-order valence-electron chi connectivity index (χ4n) is 0.504. The summed E-state index contributed by atoms with van der Waals surface area (Å²) in [5, 5.41) is 5.60. The van der Waals surface area contributed by atoms with Crippen LogP contribution in [0.4, 0.5) is 0 Å². The Morgan fingerprint density at radius 1 is 1.36 bits per heavy atom. The van der Waals surface area contributed by atoms with Crippen LogP contribution in [0.1, 0.15) is 27.2 Å². The normalized spacial score (nSPS) is 8.00. The highest BCUT2D eigenvalue weighted by Crippen LogP contribution is 1.73. The van der Waals surface area contributed by atoms with E-state index in [4.69, 9.17) is 0 Å². The number of nitrogens with one attached hydrogen (secondary N) is 2. The minimum atomic E-state index is 0.0935. The first-order chi connectivity index (χ1) is 5.31. The Kier molecular flexibility index (Phi) is 14.4. The molecule has 0 atom stereocenters. The molecule has 0 aromatic rings. The van der Waals surface area contributed by atoms with Gasteiger partial charge >= 0.3 is 0 Å². The van der Waals surface area contributed by atoms with Gasteiger partial charge in [-0.3, -0.25) is 4.79 Å². The summed E-state index contributed by atoms with van der Waals surface area (Å²) in [6.07, 6.45) is 0.574. The van der Waals surface area contributed by atoms with Crippen molar-refractivity contribution in [2.45, 2.75) is 27.2 Å². The second-order valence-corrected chi connectivity index (χ2v) is 1.78. The number of carbonyl (C=O) groups is 1. The van der Waals surface area contributed by atoms with Crippen molar-refractivity contribution in [3.63, 3.8) is 0 Å². The van der Waals surface area contributed by atoms with Gasteiger partial charge in [-0.15, -0.1) is 0 Å². The van der Waals surface area contributed by atoms with Crippen LogP contribution in [0.2, 0.25) is 0 Å². The van der Waals surface area contributed by atoms with Crippen LogP contribution >= 0.6 is 0 Å². The Labute approximate surface area is 69.6 Å². The van der Waals surface area contributed by atoms with Gasteiger partial charge in [0.1, 0.15) is 0 Å². The highest BCUT2D eigenvalue weighted by atomic mass is 16.1. The molecule has 0 saturated carbocycles. The molecular formula is C8H20N2O. The molecule has 0 radical (unpaired) electrons. The van der Waals surface area contributed by atoms with Crippen LogP contribution in [0.25, 0.3) is 0 Å². The van der Waals surface area contributed by atoms with Crippen molar-refractivity contribution in [3.05, 3.63) is 0 Å². The molecule has 3 heteroatoms. The van der Waals surface area contributed by atoms with Gasteiger partial charge in [-0.25, -0.2) is 0 Å². The quantitative estimate of drug-likeness (QED) is 0.596. The third-order valence-corrected chi connectivity index (χ3v) is 1.06. The molecule has 0 spiro atoms. The Hall–Kier alpha value is -0.570. The average molecular weight is 160 g/mol. The van der Waals surface area contributed by atoms with Gasteiger partial charge in [0.05, 0.1) is 0 Å². The maximum atomic E-state index is 10.5. The maximum Gasteiger partial charge on any atom is 0.221 e. The Morgan fingerprint density at radius 3 is 2.27 bits per heavy atom. The molecule has 0 rings (SSSR count). The van der Waals surface area contributed by atoms with Gasteiger partial charge in [0.25, 0.3) is 0 Å². The summed E-state index contributed by atoms with van der Waals surface area (Å²) in [5.74, 6) is 0.0935. The summed E-state index contributed by atoms with van der Waals surface area (Å²) in [5.41, 5.74) is 0. The first-order valence-corrected chi connectivity index (χ1v) is 4.22. The lowest BCUT2D eigenvalue weighted by Gasteiger charge is -1.98. The highest BCUT2D eigenvalue weighted by molar-refractivity contribution is 5.75. The van der Waals surface area contributed by atoms with Gasteiger partial charge in [-0.05, 0) is 6.54 Å². The molecule has 0 aromatic carbocycles. The molecule has 3 nitrogen and oxygen atoms in total. The number of carbonyl (C=O) groups excluding carboxylic acids is 1. The Balaban J connectivity index is 0. The minimum Gasteiger partial charge on any atom is -0.359 e. The zero-order valence-electron chi connectivity index (χ0n) is 8.03. The molecule has 0 bridgehead atoms. The first-order valence-electron chi connectivity index (χ1n) is 4.22. The third kappa shape index (κ3) is 12.6. The van der Waals surface area contributed by atoms with E-state index in [2.05, 4.69) is 10.6 Å². The largest absolute Gasteiger partial charge is 0.359 e. The first kappa shape index (κ1) is 13.1. The van der Waals surface area contributed by atoms with Crippen molar-refractivity contribution in [1.29, 1.82) is 0 Å². The van der Waals surface area contributed by atoms with Crippen LogP contribution < -0.4 is 10.6 Å². The number of amides is 1. The van der Waals surface area contributed by atoms with Gasteiger partial charge in [0.2, 0.25) is 5.91 Å². The SMILES string of the molecule is CC.CCNCCC(=O)NC. The second-order valence-electron chi connectivity index (χ2n) is 1.78.